The molecule has 0 aliphatic carbocycles. The Kier molecular flexibility index (Phi) is 7.70. The maximum absolute atomic E-state index is 12.5. The molecule has 0 radical (unpaired) electrons. The van der Waals surface area contributed by atoms with Crippen molar-refractivity contribution in [2.45, 2.75) is 17.6 Å². The number of halogens is 2. The van der Waals surface area contributed by atoms with Crippen LogP contribution in [-0.4, -0.2) is 22.6 Å². The Hall–Kier alpha value is -3.55. The van der Waals surface area contributed by atoms with Gasteiger partial charge in [0.1, 0.15) is 11.6 Å². The first kappa shape index (κ1) is 23.1. The Balaban J connectivity index is 1.76. The number of anilines is 3. The van der Waals surface area contributed by atoms with Crippen LogP contribution in [0.1, 0.15) is 12.6 Å². The zero-order chi connectivity index (χ0) is 23.1. The van der Waals surface area contributed by atoms with Crippen LogP contribution in [0, 0.1) is 11.3 Å². The van der Waals surface area contributed by atoms with E-state index >= 15 is 0 Å². The molecule has 2 amide bonds. The predicted molar refractivity (Wildman–Crippen MR) is 122 cm³/mol. The minimum atomic E-state index is -2.53. The van der Waals surface area contributed by atoms with Crippen molar-refractivity contribution in [3.8, 4) is 6.07 Å². The van der Waals surface area contributed by atoms with Gasteiger partial charge in [0.15, 0.2) is 5.13 Å². The van der Waals surface area contributed by atoms with Gasteiger partial charge in [-0.2, -0.15) is 14.0 Å². The summed E-state index contributed by atoms with van der Waals surface area (Å²) < 4.78 is 24.8. The summed E-state index contributed by atoms with van der Waals surface area (Å²) in [6.07, 6.45) is 1.32. The normalized spacial score (nSPS) is 11.2. The summed E-state index contributed by atoms with van der Waals surface area (Å²) >= 11 is 1.60. The lowest BCUT2D eigenvalue weighted by Gasteiger charge is -2.17. The molecule has 10 heteroatoms. The van der Waals surface area contributed by atoms with Crippen LogP contribution in [0.3, 0.4) is 0 Å². The second-order valence-electron chi connectivity index (χ2n) is 6.27. The molecule has 0 bridgehead atoms. The molecule has 2 aromatic carbocycles. The number of nitrogens with one attached hydrogen (secondary N) is 1. The molecule has 0 spiro atoms. The fourth-order valence-electron chi connectivity index (χ4n) is 2.66. The van der Waals surface area contributed by atoms with E-state index in [4.69, 9.17) is 0 Å². The molecule has 1 aromatic heterocycles. The highest BCUT2D eigenvalue weighted by molar-refractivity contribution is 7.99. The molecule has 0 aliphatic heterocycles. The highest BCUT2D eigenvalue weighted by Crippen LogP contribution is 2.29. The third kappa shape index (κ3) is 6.00. The Bertz CT molecular complexity index is 1170. The fraction of sp³-hybridized carbons (Fsp3) is 0.0909. The number of thioether (sulfide) groups is 1. The van der Waals surface area contributed by atoms with Gasteiger partial charge in [0.25, 0.3) is 11.7 Å². The van der Waals surface area contributed by atoms with Gasteiger partial charge < -0.3 is 5.32 Å². The zero-order valence-corrected chi connectivity index (χ0v) is 18.3. The number of carbonyl (C=O) groups excluding carboxylic acids is 2. The summed E-state index contributed by atoms with van der Waals surface area (Å²) in [6, 6.07) is 16.7. The summed E-state index contributed by atoms with van der Waals surface area (Å²) in [7, 11) is 0. The average molecular weight is 471 g/mol. The molecule has 0 saturated carbocycles. The molecule has 1 N–H and O–H groups in total. The molecule has 6 nitrogen and oxygen atoms in total. The second kappa shape index (κ2) is 10.7. The SMILES string of the molecule is CC(=O)N(c1ccccc1)c1nc(/C=C(\C#N)C(=O)Nc2ccc(SC(F)F)cc2)cs1. The van der Waals surface area contributed by atoms with E-state index in [0.717, 1.165) is 0 Å². The number of nitriles is 1. The van der Waals surface area contributed by atoms with Crippen molar-refractivity contribution in [2.75, 3.05) is 10.2 Å². The highest BCUT2D eigenvalue weighted by Gasteiger charge is 2.18. The minimum Gasteiger partial charge on any atom is -0.321 e. The Labute approximate surface area is 191 Å². The first-order valence-corrected chi connectivity index (χ1v) is 10.9. The first-order chi connectivity index (χ1) is 15.4. The maximum Gasteiger partial charge on any atom is 0.288 e. The van der Waals surface area contributed by atoms with E-state index in [1.54, 1.807) is 29.6 Å². The first-order valence-electron chi connectivity index (χ1n) is 9.16. The lowest BCUT2D eigenvalue weighted by Crippen LogP contribution is -2.22. The number of hydrogen-bond acceptors (Lipinski definition) is 6. The Morgan fingerprint density at radius 3 is 2.47 bits per heavy atom. The van der Waals surface area contributed by atoms with Crippen molar-refractivity contribution in [1.29, 1.82) is 5.26 Å². The number of aromatic nitrogens is 1. The summed E-state index contributed by atoms with van der Waals surface area (Å²) in [5, 5.41) is 14.0. The molecule has 0 saturated heterocycles. The Morgan fingerprint density at radius 1 is 1.19 bits per heavy atom. The zero-order valence-electron chi connectivity index (χ0n) is 16.7. The van der Waals surface area contributed by atoms with E-state index in [0.29, 0.717) is 38.9 Å². The van der Waals surface area contributed by atoms with Crippen molar-refractivity contribution in [3.63, 3.8) is 0 Å². The standard InChI is InChI=1S/C22H16F2N4O2S2/c1-14(29)28(18-5-3-2-4-6-18)22-27-17(13-31-22)11-15(12-25)20(30)26-16-7-9-19(10-8-16)32-21(23)24/h2-11,13,21H,1H3,(H,26,30)/b15-11+. The lowest BCUT2D eigenvalue weighted by atomic mass is 10.2. The van der Waals surface area contributed by atoms with Crippen LogP contribution in [0.15, 0.2) is 70.4 Å². The number of alkyl halides is 2. The van der Waals surface area contributed by atoms with Crippen LogP contribution < -0.4 is 10.2 Å². The van der Waals surface area contributed by atoms with Gasteiger partial charge in [0.2, 0.25) is 5.91 Å². The molecular formula is C22H16F2N4O2S2. The molecule has 0 aliphatic rings. The quantitative estimate of drug-likeness (QED) is 0.272. The number of benzene rings is 2. The van der Waals surface area contributed by atoms with Crippen LogP contribution >= 0.6 is 23.1 Å². The van der Waals surface area contributed by atoms with Gasteiger partial charge in [-0.25, -0.2) is 4.98 Å². The summed E-state index contributed by atoms with van der Waals surface area (Å²) in [4.78, 5) is 30.8. The van der Waals surface area contributed by atoms with Crippen LogP contribution in [0.2, 0.25) is 0 Å². The van der Waals surface area contributed by atoms with Crippen molar-refractivity contribution in [1.82, 2.24) is 4.98 Å². The predicted octanol–water partition coefficient (Wildman–Crippen LogP) is 5.69. The third-order valence-corrected chi connectivity index (χ3v) is 5.59. The van der Waals surface area contributed by atoms with Gasteiger partial charge in [-0.3, -0.25) is 14.5 Å². The van der Waals surface area contributed by atoms with E-state index < -0.39 is 11.7 Å². The number of hydrogen-bond donors (Lipinski definition) is 1. The number of para-hydroxylation sites is 1. The van der Waals surface area contributed by atoms with Crippen LogP contribution in [-0.2, 0) is 9.59 Å². The minimum absolute atomic E-state index is 0.193. The van der Waals surface area contributed by atoms with Crippen LogP contribution in [0.25, 0.3) is 6.08 Å². The molecule has 0 fully saturated rings. The summed E-state index contributed by atoms with van der Waals surface area (Å²) in [6.45, 7) is 1.42. The number of thiazole rings is 1. The van der Waals surface area contributed by atoms with Crippen molar-refractivity contribution < 1.29 is 18.4 Å². The molecule has 0 atom stereocenters. The average Bonchev–Trinajstić information content (AvgIpc) is 3.21. The molecule has 3 aromatic rings. The van der Waals surface area contributed by atoms with Crippen molar-refractivity contribution in [2.24, 2.45) is 0 Å². The summed E-state index contributed by atoms with van der Waals surface area (Å²) in [5.41, 5.74) is 1.17. The Morgan fingerprint density at radius 2 is 1.88 bits per heavy atom. The maximum atomic E-state index is 12.5. The van der Waals surface area contributed by atoms with E-state index in [2.05, 4.69) is 10.3 Å². The third-order valence-electron chi connectivity index (χ3n) is 4.03. The van der Waals surface area contributed by atoms with Gasteiger partial charge in [-0.05, 0) is 42.5 Å². The van der Waals surface area contributed by atoms with E-state index in [1.165, 1.54) is 53.5 Å². The second-order valence-corrected chi connectivity index (χ2v) is 8.17. The van der Waals surface area contributed by atoms with Gasteiger partial charge in [-0.15, -0.1) is 11.3 Å². The lowest BCUT2D eigenvalue weighted by molar-refractivity contribution is -0.116. The molecular weight excluding hydrogens is 454 g/mol. The molecule has 162 valence electrons. The summed E-state index contributed by atoms with van der Waals surface area (Å²) in [5.74, 6) is -3.43. The number of nitrogens with zero attached hydrogens (tertiary/aromatic N) is 3. The molecule has 32 heavy (non-hydrogen) atoms. The van der Waals surface area contributed by atoms with Gasteiger partial charge >= 0.3 is 0 Å². The van der Waals surface area contributed by atoms with Gasteiger partial charge in [0.05, 0.1) is 11.4 Å². The van der Waals surface area contributed by atoms with Crippen LogP contribution in [0.4, 0.5) is 25.3 Å². The largest absolute Gasteiger partial charge is 0.321 e. The van der Waals surface area contributed by atoms with Gasteiger partial charge in [-0.1, -0.05) is 30.0 Å². The molecule has 3 rings (SSSR count). The number of amides is 2. The van der Waals surface area contributed by atoms with E-state index in [9.17, 15) is 23.6 Å². The van der Waals surface area contributed by atoms with Crippen molar-refractivity contribution >= 4 is 57.5 Å². The smallest absolute Gasteiger partial charge is 0.288 e. The van der Waals surface area contributed by atoms with Gasteiger partial charge in [0, 0.05) is 22.9 Å². The number of carbonyl (C=O) groups is 2. The molecule has 1 heterocycles. The monoisotopic (exact) mass is 470 g/mol. The highest BCUT2D eigenvalue weighted by atomic mass is 32.2. The fourth-order valence-corrected chi connectivity index (χ4v) is 4.01. The van der Waals surface area contributed by atoms with Crippen molar-refractivity contribution in [3.05, 3.63) is 71.2 Å². The number of rotatable bonds is 7. The topological polar surface area (TPSA) is 86.1 Å². The van der Waals surface area contributed by atoms with Crippen LogP contribution in [0.5, 0.6) is 0 Å². The molecule has 0 unspecified atom stereocenters. The van der Waals surface area contributed by atoms with E-state index in [1.807, 2.05) is 12.1 Å². The van der Waals surface area contributed by atoms with E-state index in [-0.39, 0.29) is 11.5 Å².